The first kappa shape index (κ1) is 23.5. The van der Waals surface area contributed by atoms with E-state index in [1.807, 2.05) is 42.1 Å². The Labute approximate surface area is 199 Å². The lowest BCUT2D eigenvalue weighted by Gasteiger charge is -2.30. The fraction of sp³-hybridized carbons (Fsp3) is 0.346. The standard InChI is InChI=1S/C26H31N5O3/c1-30-17-13-28-24(30)18-34-23-8-4-21(5-9-23)26(33)29-22-6-2-19(3-7-22)10-14-31-15-11-20(12-16-31)25(27)32/h2-9,13,17,20H,10-12,14-16,18H2,1H3,(H2,27,32)(H,29,33). The second kappa shape index (κ2) is 11.0. The van der Waals surface area contributed by atoms with Gasteiger partial charge in [-0.25, -0.2) is 4.98 Å². The van der Waals surface area contributed by atoms with Gasteiger partial charge in [-0.15, -0.1) is 0 Å². The zero-order chi connectivity index (χ0) is 23.9. The highest BCUT2D eigenvalue weighted by Crippen LogP contribution is 2.18. The van der Waals surface area contributed by atoms with E-state index >= 15 is 0 Å². The number of nitrogens with zero attached hydrogens (tertiary/aromatic N) is 3. The van der Waals surface area contributed by atoms with Crippen LogP contribution in [-0.2, 0) is 24.9 Å². The van der Waals surface area contributed by atoms with Crippen molar-refractivity contribution < 1.29 is 14.3 Å². The number of hydrogen-bond donors (Lipinski definition) is 2. The number of anilines is 1. The van der Waals surface area contributed by atoms with Crippen molar-refractivity contribution in [2.75, 3.05) is 25.0 Å². The number of rotatable bonds is 9. The summed E-state index contributed by atoms with van der Waals surface area (Å²) in [4.78, 5) is 30.5. The van der Waals surface area contributed by atoms with Gasteiger partial charge in [-0.2, -0.15) is 0 Å². The Morgan fingerprint density at radius 3 is 2.41 bits per heavy atom. The SMILES string of the molecule is Cn1ccnc1COc1ccc(C(=O)Nc2ccc(CCN3CCC(C(N)=O)CC3)cc2)cc1. The quantitative estimate of drug-likeness (QED) is 0.510. The van der Waals surface area contributed by atoms with Crippen LogP contribution >= 0.6 is 0 Å². The number of likely N-dealkylation sites (tertiary alicyclic amines) is 1. The molecular formula is C26H31N5O3. The number of hydrogen-bond acceptors (Lipinski definition) is 5. The van der Waals surface area contributed by atoms with Crippen molar-refractivity contribution in [1.82, 2.24) is 14.5 Å². The van der Waals surface area contributed by atoms with E-state index in [1.165, 1.54) is 5.56 Å². The fourth-order valence-electron chi connectivity index (χ4n) is 4.07. The first-order valence-electron chi connectivity index (χ1n) is 11.6. The molecule has 1 aliphatic heterocycles. The summed E-state index contributed by atoms with van der Waals surface area (Å²) in [5, 5.41) is 2.94. The van der Waals surface area contributed by atoms with E-state index < -0.39 is 0 Å². The normalized spacial score (nSPS) is 14.6. The second-order valence-electron chi connectivity index (χ2n) is 8.69. The summed E-state index contributed by atoms with van der Waals surface area (Å²) in [5.74, 6) is 1.19. The van der Waals surface area contributed by atoms with Crippen LogP contribution in [0, 0.1) is 5.92 Å². The van der Waals surface area contributed by atoms with Gasteiger partial charge in [-0.05, 0) is 74.3 Å². The maximum atomic E-state index is 12.6. The van der Waals surface area contributed by atoms with Crippen molar-refractivity contribution in [3.63, 3.8) is 0 Å². The number of nitrogens with two attached hydrogens (primary N) is 1. The molecule has 0 bridgehead atoms. The third-order valence-corrected chi connectivity index (χ3v) is 6.32. The number of benzene rings is 2. The molecule has 4 rings (SSSR count). The lowest BCUT2D eigenvalue weighted by atomic mass is 9.96. The molecule has 0 spiro atoms. The largest absolute Gasteiger partial charge is 0.486 e. The maximum Gasteiger partial charge on any atom is 0.255 e. The highest BCUT2D eigenvalue weighted by molar-refractivity contribution is 6.04. The lowest BCUT2D eigenvalue weighted by Crippen LogP contribution is -2.39. The molecule has 178 valence electrons. The Balaban J connectivity index is 1.22. The lowest BCUT2D eigenvalue weighted by molar-refractivity contribution is -0.123. The number of aromatic nitrogens is 2. The van der Waals surface area contributed by atoms with Gasteiger partial charge in [0.05, 0.1) is 0 Å². The van der Waals surface area contributed by atoms with Crippen LogP contribution in [-0.4, -0.2) is 45.9 Å². The zero-order valence-corrected chi connectivity index (χ0v) is 19.4. The van der Waals surface area contributed by atoms with E-state index in [1.54, 1.807) is 30.5 Å². The Morgan fingerprint density at radius 1 is 1.09 bits per heavy atom. The molecule has 2 aromatic carbocycles. The Morgan fingerprint density at radius 2 is 1.79 bits per heavy atom. The molecular weight excluding hydrogens is 430 g/mol. The van der Waals surface area contributed by atoms with Crippen LogP contribution in [0.15, 0.2) is 60.9 Å². The van der Waals surface area contributed by atoms with Crippen LogP contribution in [0.1, 0.15) is 34.6 Å². The minimum Gasteiger partial charge on any atom is -0.486 e. The Bertz CT molecular complexity index is 1100. The maximum absolute atomic E-state index is 12.6. The van der Waals surface area contributed by atoms with Gasteiger partial charge >= 0.3 is 0 Å². The minimum absolute atomic E-state index is 0.0225. The van der Waals surface area contributed by atoms with Crippen molar-refractivity contribution >= 4 is 17.5 Å². The number of carbonyl (C=O) groups excluding carboxylic acids is 2. The van der Waals surface area contributed by atoms with Gasteiger partial charge in [0, 0.05) is 43.2 Å². The molecule has 1 aliphatic rings. The number of nitrogens with one attached hydrogen (secondary N) is 1. The predicted molar refractivity (Wildman–Crippen MR) is 130 cm³/mol. The average molecular weight is 462 g/mol. The van der Waals surface area contributed by atoms with Crippen LogP contribution in [0.5, 0.6) is 5.75 Å². The van der Waals surface area contributed by atoms with E-state index in [4.69, 9.17) is 10.5 Å². The first-order chi connectivity index (χ1) is 16.5. The molecule has 0 atom stereocenters. The molecule has 1 saturated heterocycles. The number of aryl methyl sites for hydroxylation is 1. The molecule has 34 heavy (non-hydrogen) atoms. The van der Waals surface area contributed by atoms with Crippen LogP contribution < -0.4 is 15.8 Å². The van der Waals surface area contributed by atoms with Crippen LogP contribution in [0.4, 0.5) is 5.69 Å². The van der Waals surface area contributed by atoms with E-state index in [0.29, 0.717) is 17.9 Å². The topological polar surface area (TPSA) is 102 Å². The number of amides is 2. The molecule has 2 heterocycles. The van der Waals surface area contributed by atoms with Crippen molar-refractivity contribution in [2.45, 2.75) is 25.9 Å². The van der Waals surface area contributed by atoms with Crippen molar-refractivity contribution in [3.8, 4) is 5.75 Å². The molecule has 1 fully saturated rings. The number of imidazole rings is 1. The van der Waals surface area contributed by atoms with Gasteiger partial charge in [0.15, 0.2) is 0 Å². The summed E-state index contributed by atoms with van der Waals surface area (Å²) in [5.41, 5.74) is 7.94. The predicted octanol–water partition coefficient (Wildman–Crippen LogP) is 2.99. The third-order valence-electron chi connectivity index (χ3n) is 6.32. The van der Waals surface area contributed by atoms with Crippen LogP contribution in [0.25, 0.3) is 0 Å². The molecule has 8 heteroatoms. The van der Waals surface area contributed by atoms with E-state index in [2.05, 4.69) is 15.2 Å². The molecule has 8 nitrogen and oxygen atoms in total. The molecule has 0 radical (unpaired) electrons. The minimum atomic E-state index is -0.179. The van der Waals surface area contributed by atoms with E-state index in [-0.39, 0.29) is 17.7 Å². The van der Waals surface area contributed by atoms with Crippen LogP contribution in [0.2, 0.25) is 0 Å². The first-order valence-corrected chi connectivity index (χ1v) is 11.6. The highest BCUT2D eigenvalue weighted by Gasteiger charge is 2.22. The van der Waals surface area contributed by atoms with Gasteiger partial charge in [0.25, 0.3) is 5.91 Å². The number of primary amides is 1. The number of ether oxygens (including phenoxy) is 1. The second-order valence-corrected chi connectivity index (χ2v) is 8.69. The summed E-state index contributed by atoms with van der Waals surface area (Å²) in [6.07, 6.45) is 6.22. The van der Waals surface area contributed by atoms with Gasteiger partial charge in [0.1, 0.15) is 18.2 Å². The monoisotopic (exact) mass is 461 g/mol. The fourth-order valence-corrected chi connectivity index (χ4v) is 4.07. The van der Waals surface area contributed by atoms with Gasteiger partial charge < -0.3 is 25.3 Å². The van der Waals surface area contributed by atoms with Crippen LogP contribution in [0.3, 0.4) is 0 Å². The molecule has 3 aromatic rings. The summed E-state index contributed by atoms with van der Waals surface area (Å²) in [6.45, 7) is 3.14. The Hall–Kier alpha value is -3.65. The molecule has 0 saturated carbocycles. The average Bonchev–Trinajstić information content (AvgIpc) is 3.27. The van der Waals surface area contributed by atoms with Crippen molar-refractivity contribution in [1.29, 1.82) is 0 Å². The van der Waals surface area contributed by atoms with Gasteiger partial charge in [-0.3, -0.25) is 9.59 Å². The van der Waals surface area contributed by atoms with Crippen molar-refractivity contribution in [3.05, 3.63) is 77.9 Å². The van der Waals surface area contributed by atoms with E-state index in [9.17, 15) is 9.59 Å². The van der Waals surface area contributed by atoms with Crippen molar-refractivity contribution in [2.24, 2.45) is 18.7 Å². The van der Waals surface area contributed by atoms with Gasteiger partial charge in [-0.1, -0.05) is 12.1 Å². The molecule has 0 unspecified atom stereocenters. The molecule has 3 N–H and O–H groups in total. The zero-order valence-electron chi connectivity index (χ0n) is 19.4. The summed E-state index contributed by atoms with van der Waals surface area (Å²) in [6, 6.07) is 15.0. The molecule has 0 aliphatic carbocycles. The van der Waals surface area contributed by atoms with Gasteiger partial charge in [0.2, 0.25) is 5.91 Å². The smallest absolute Gasteiger partial charge is 0.255 e. The summed E-state index contributed by atoms with van der Waals surface area (Å²) >= 11 is 0. The summed E-state index contributed by atoms with van der Waals surface area (Å²) in [7, 11) is 1.92. The number of piperidine rings is 1. The highest BCUT2D eigenvalue weighted by atomic mass is 16.5. The Kier molecular flexibility index (Phi) is 7.59. The third kappa shape index (κ3) is 6.23. The summed E-state index contributed by atoms with van der Waals surface area (Å²) < 4.78 is 7.64. The number of carbonyl (C=O) groups is 2. The van der Waals surface area contributed by atoms with E-state index in [0.717, 1.165) is 50.4 Å². The molecule has 1 aromatic heterocycles. The molecule has 2 amide bonds.